The van der Waals surface area contributed by atoms with Crippen molar-refractivity contribution in [3.8, 4) is 5.75 Å². The third-order valence-electron chi connectivity index (χ3n) is 2.76. The number of pyridine rings is 1. The lowest BCUT2D eigenvalue weighted by Crippen LogP contribution is -2.20. The van der Waals surface area contributed by atoms with Crippen LogP contribution in [-0.2, 0) is 0 Å². The number of para-hydroxylation sites is 1. The van der Waals surface area contributed by atoms with E-state index in [1.807, 2.05) is 12.1 Å². The summed E-state index contributed by atoms with van der Waals surface area (Å²) in [5.41, 5.74) is 4.49. The van der Waals surface area contributed by atoms with E-state index in [2.05, 4.69) is 15.5 Å². The molecule has 1 aromatic carbocycles. The fourth-order valence-electron chi connectivity index (χ4n) is 1.67. The number of nitrogens with zero attached hydrogens (tertiary/aromatic N) is 2. The van der Waals surface area contributed by atoms with Gasteiger partial charge in [-0.1, -0.05) is 18.2 Å². The summed E-state index contributed by atoms with van der Waals surface area (Å²) in [6.07, 6.45) is 3.37. The number of hydrogen-bond donors (Lipinski definition) is 1. The Morgan fingerprint density at radius 2 is 2.05 bits per heavy atom. The Kier molecular flexibility index (Phi) is 4.44. The second-order valence-corrected chi connectivity index (χ2v) is 4.08. The van der Waals surface area contributed by atoms with Gasteiger partial charge in [0.1, 0.15) is 5.75 Å². The second kappa shape index (κ2) is 6.47. The van der Waals surface area contributed by atoms with Gasteiger partial charge in [0.2, 0.25) is 0 Å². The van der Waals surface area contributed by atoms with Crippen LogP contribution in [0.25, 0.3) is 0 Å². The molecule has 0 fully saturated rings. The summed E-state index contributed by atoms with van der Waals surface area (Å²) in [5, 5.41) is 4.07. The summed E-state index contributed by atoms with van der Waals surface area (Å²) in [5.74, 6) is 0.199. The molecule has 0 aliphatic heterocycles. The van der Waals surface area contributed by atoms with E-state index in [4.69, 9.17) is 4.74 Å². The molecule has 5 nitrogen and oxygen atoms in total. The number of hydrogen-bond acceptors (Lipinski definition) is 4. The van der Waals surface area contributed by atoms with Crippen molar-refractivity contribution in [2.45, 2.75) is 6.92 Å². The van der Waals surface area contributed by atoms with Crippen LogP contribution >= 0.6 is 0 Å². The number of ether oxygens (including phenoxy) is 1. The predicted octanol–water partition coefficient (Wildman–Crippen LogP) is 2.24. The highest BCUT2D eigenvalue weighted by atomic mass is 16.5. The van der Waals surface area contributed by atoms with E-state index in [0.717, 1.165) is 5.56 Å². The average Bonchev–Trinajstić information content (AvgIpc) is 2.53. The van der Waals surface area contributed by atoms with Crippen molar-refractivity contribution in [3.05, 3.63) is 59.9 Å². The number of rotatable bonds is 4. The lowest BCUT2D eigenvalue weighted by atomic mass is 10.2. The van der Waals surface area contributed by atoms with Crippen molar-refractivity contribution in [3.63, 3.8) is 0 Å². The summed E-state index contributed by atoms with van der Waals surface area (Å²) in [4.78, 5) is 16.1. The van der Waals surface area contributed by atoms with E-state index in [0.29, 0.717) is 17.0 Å². The standard InChI is InChI=1S/C15H15N3O2/c1-11(12-6-5-9-16-10-12)17-18-15(19)13-7-3-4-8-14(13)20-2/h3-10H,1-2H3,(H,18,19)/b17-11-. The first-order valence-corrected chi connectivity index (χ1v) is 6.10. The van der Waals surface area contributed by atoms with Gasteiger partial charge in [-0.05, 0) is 25.1 Å². The third kappa shape index (κ3) is 3.20. The summed E-state index contributed by atoms with van der Waals surface area (Å²) >= 11 is 0. The Hall–Kier alpha value is -2.69. The minimum Gasteiger partial charge on any atom is -0.496 e. The van der Waals surface area contributed by atoms with Crippen LogP contribution in [0.1, 0.15) is 22.8 Å². The first-order chi connectivity index (χ1) is 9.72. The van der Waals surface area contributed by atoms with E-state index < -0.39 is 0 Å². The van der Waals surface area contributed by atoms with Gasteiger partial charge in [0.05, 0.1) is 18.4 Å². The molecule has 0 bridgehead atoms. The number of aromatic nitrogens is 1. The van der Waals surface area contributed by atoms with Gasteiger partial charge in [-0.2, -0.15) is 5.10 Å². The zero-order valence-corrected chi connectivity index (χ0v) is 11.3. The molecule has 0 aliphatic carbocycles. The number of methoxy groups -OCH3 is 1. The smallest absolute Gasteiger partial charge is 0.275 e. The van der Waals surface area contributed by atoms with Gasteiger partial charge in [0.15, 0.2) is 0 Å². The molecule has 1 aromatic heterocycles. The van der Waals surface area contributed by atoms with Gasteiger partial charge in [-0.15, -0.1) is 0 Å². The first-order valence-electron chi connectivity index (χ1n) is 6.10. The topological polar surface area (TPSA) is 63.6 Å². The Labute approximate surface area is 117 Å². The quantitative estimate of drug-likeness (QED) is 0.684. The number of amides is 1. The second-order valence-electron chi connectivity index (χ2n) is 4.08. The first kappa shape index (κ1) is 13.7. The molecule has 0 unspecified atom stereocenters. The molecule has 1 N–H and O–H groups in total. The van der Waals surface area contributed by atoms with Crippen LogP contribution in [0, 0.1) is 0 Å². The highest BCUT2D eigenvalue weighted by molar-refractivity contribution is 6.01. The van der Waals surface area contributed by atoms with Gasteiger partial charge in [0.25, 0.3) is 5.91 Å². The summed E-state index contributed by atoms with van der Waals surface area (Å²) in [7, 11) is 1.52. The van der Waals surface area contributed by atoms with Crippen molar-refractivity contribution >= 4 is 11.6 Å². The highest BCUT2D eigenvalue weighted by Crippen LogP contribution is 2.16. The molecule has 20 heavy (non-hydrogen) atoms. The highest BCUT2D eigenvalue weighted by Gasteiger charge is 2.10. The maximum atomic E-state index is 12.0. The fourth-order valence-corrected chi connectivity index (χ4v) is 1.67. The molecule has 0 saturated carbocycles. The van der Waals surface area contributed by atoms with Gasteiger partial charge < -0.3 is 4.74 Å². The van der Waals surface area contributed by atoms with E-state index >= 15 is 0 Å². The summed E-state index contributed by atoms with van der Waals surface area (Å²) in [6.45, 7) is 1.81. The molecule has 5 heteroatoms. The van der Waals surface area contributed by atoms with E-state index in [1.54, 1.807) is 43.6 Å². The van der Waals surface area contributed by atoms with Crippen LogP contribution in [0.15, 0.2) is 53.9 Å². The Balaban J connectivity index is 2.12. The van der Waals surface area contributed by atoms with Gasteiger partial charge >= 0.3 is 0 Å². The molecule has 2 rings (SSSR count). The molecule has 1 heterocycles. The molecule has 0 saturated heterocycles. The number of hydrazone groups is 1. The molecule has 0 spiro atoms. The average molecular weight is 269 g/mol. The number of benzene rings is 1. The Morgan fingerprint density at radius 1 is 1.25 bits per heavy atom. The van der Waals surface area contributed by atoms with Crippen molar-refractivity contribution < 1.29 is 9.53 Å². The van der Waals surface area contributed by atoms with Crippen LogP contribution in [0.3, 0.4) is 0 Å². The zero-order valence-electron chi connectivity index (χ0n) is 11.3. The van der Waals surface area contributed by atoms with Gasteiger partial charge in [0, 0.05) is 18.0 Å². The van der Waals surface area contributed by atoms with Crippen LogP contribution < -0.4 is 10.2 Å². The summed E-state index contributed by atoms with van der Waals surface area (Å²) in [6, 6.07) is 10.7. The molecule has 102 valence electrons. The Morgan fingerprint density at radius 3 is 2.75 bits per heavy atom. The number of nitrogens with one attached hydrogen (secondary N) is 1. The fraction of sp³-hybridized carbons (Fsp3) is 0.133. The van der Waals surface area contributed by atoms with Crippen molar-refractivity contribution in [1.82, 2.24) is 10.4 Å². The third-order valence-corrected chi connectivity index (χ3v) is 2.76. The molecule has 0 atom stereocenters. The largest absolute Gasteiger partial charge is 0.496 e. The van der Waals surface area contributed by atoms with E-state index in [1.165, 1.54) is 7.11 Å². The van der Waals surface area contributed by atoms with Crippen molar-refractivity contribution in [1.29, 1.82) is 0 Å². The maximum absolute atomic E-state index is 12.0. The van der Waals surface area contributed by atoms with Crippen molar-refractivity contribution in [2.75, 3.05) is 7.11 Å². The predicted molar refractivity (Wildman–Crippen MR) is 76.9 cm³/mol. The molecule has 1 amide bonds. The van der Waals surface area contributed by atoms with Crippen molar-refractivity contribution in [2.24, 2.45) is 5.10 Å². The molecular formula is C15H15N3O2. The number of carbonyl (C=O) groups excluding carboxylic acids is 1. The SMILES string of the molecule is COc1ccccc1C(=O)N/N=C(/C)c1cccnc1. The maximum Gasteiger partial charge on any atom is 0.275 e. The van der Waals surface area contributed by atoms with Gasteiger partial charge in [-0.3, -0.25) is 9.78 Å². The summed E-state index contributed by atoms with van der Waals surface area (Å²) < 4.78 is 5.14. The number of carbonyl (C=O) groups is 1. The van der Waals surface area contributed by atoms with Crippen LogP contribution in [-0.4, -0.2) is 23.7 Å². The molecule has 0 aliphatic rings. The zero-order chi connectivity index (χ0) is 14.4. The molecule has 0 radical (unpaired) electrons. The molecule has 2 aromatic rings. The lowest BCUT2D eigenvalue weighted by molar-refractivity contribution is 0.0952. The monoisotopic (exact) mass is 269 g/mol. The minimum absolute atomic E-state index is 0.314. The van der Waals surface area contributed by atoms with Gasteiger partial charge in [-0.25, -0.2) is 5.43 Å². The lowest BCUT2D eigenvalue weighted by Gasteiger charge is -2.07. The van der Waals surface area contributed by atoms with E-state index in [-0.39, 0.29) is 5.91 Å². The van der Waals surface area contributed by atoms with E-state index in [9.17, 15) is 4.79 Å². The van der Waals surface area contributed by atoms with Crippen LogP contribution in [0.5, 0.6) is 5.75 Å². The molecular weight excluding hydrogens is 254 g/mol. The van der Waals surface area contributed by atoms with Crippen LogP contribution in [0.4, 0.5) is 0 Å². The minimum atomic E-state index is -0.314. The Bertz CT molecular complexity index is 624. The van der Waals surface area contributed by atoms with Crippen LogP contribution in [0.2, 0.25) is 0 Å². The normalized spacial score (nSPS) is 11.0.